The second kappa shape index (κ2) is 21.6. The standard InChI is InChI=1S/C32H57O7PS/c1-7-9-10-11-14-17-25-41-26-18-15-12-13-16-19-30(37-29-22-20-28(21-23-29)32(4,5)6)27(3)39-40(34,35)31(33)38-36-24-8-2/h20-23,27,30H,7-19,24-26H2,1-6H3,(H,34,35). The predicted molar refractivity (Wildman–Crippen MR) is 171 cm³/mol. The maximum atomic E-state index is 12.6. The highest BCUT2D eigenvalue weighted by molar-refractivity contribution is 7.99. The smallest absolute Gasteiger partial charge is 0.452 e. The molecule has 0 fully saturated rings. The molecule has 0 aliphatic carbocycles. The largest absolute Gasteiger partial charge is 0.488 e. The summed E-state index contributed by atoms with van der Waals surface area (Å²) >= 11 is 2.07. The number of benzene rings is 1. The van der Waals surface area contributed by atoms with Crippen LogP contribution >= 0.6 is 19.4 Å². The predicted octanol–water partition coefficient (Wildman–Crippen LogP) is 10.2. The summed E-state index contributed by atoms with van der Waals surface area (Å²) in [5, 5.41) is 0. The van der Waals surface area contributed by atoms with E-state index >= 15 is 0 Å². The molecule has 0 amide bonds. The summed E-state index contributed by atoms with van der Waals surface area (Å²) in [5.74, 6) is 3.15. The molecule has 1 aromatic carbocycles. The molecule has 0 heterocycles. The van der Waals surface area contributed by atoms with E-state index < -0.39 is 25.5 Å². The molecule has 0 radical (unpaired) electrons. The van der Waals surface area contributed by atoms with Gasteiger partial charge in [-0.2, -0.15) is 16.6 Å². The van der Waals surface area contributed by atoms with Crippen molar-refractivity contribution in [3.8, 4) is 5.75 Å². The van der Waals surface area contributed by atoms with Gasteiger partial charge in [0.1, 0.15) is 18.0 Å². The first-order valence-corrected chi connectivity index (χ1v) is 18.4. The second-order valence-corrected chi connectivity index (χ2v) is 14.7. The van der Waals surface area contributed by atoms with Crippen LogP contribution in [-0.2, 0) is 24.3 Å². The second-order valence-electron chi connectivity index (χ2n) is 11.9. The fourth-order valence-corrected chi connectivity index (χ4v) is 6.16. The van der Waals surface area contributed by atoms with Crippen LogP contribution < -0.4 is 4.74 Å². The highest BCUT2D eigenvalue weighted by Gasteiger charge is 2.38. The number of carbonyl (C=O) groups is 1. The highest BCUT2D eigenvalue weighted by Crippen LogP contribution is 2.46. The molecule has 1 aromatic rings. The van der Waals surface area contributed by atoms with Crippen molar-refractivity contribution in [2.45, 2.75) is 143 Å². The number of carbonyl (C=O) groups excluding carboxylic acids is 1. The summed E-state index contributed by atoms with van der Waals surface area (Å²) in [6, 6.07) is 7.88. The van der Waals surface area contributed by atoms with Gasteiger partial charge in [0.2, 0.25) is 0 Å². The monoisotopic (exact) mass is 616 g/mol. The van der Waals surface area contributed by atoms with Gasteiger partial charge in [-0.3, -0.25) is 9.41 Å². The van der Waals surface area contributed by atoms with Crippen molar-refractivity contribution in [1.82, 2.24) is 0 Å². The number of ether oxygens (including phenoxy) is 1. The number of unbranched alkanes of at least 4 members (excludes halogenated alkanes) is 9. The average Bonchev–Trinajstić information content (AvgIpc) is 2.92. The molecule has 41 heavy (non-hydrogen) atoms. The lowest BCUT2D eigenvalue weighted by Crippen LogP contribution is -2.32. The Kier molecular flexibility index (Phi) is 20.0. The van der Waals surface area contributed by atoms with Gasteiger partial charge in [0.15, 0.2) is 0 Å². The lowest BCUT2D eigenvalue weighted by molar-refractivity contribution is -0.231. The molecule has 3 atom stereocenters. The van der Waals surface area contributed by atoms with Crippen molar-refractivity contribution in [1.29, 1.82) is 0 Å². The molecule has 0 saturated carbocycles. The van der Waals surface area contributed by atoms with Crippen molar-refractivity contribution in [2.75, 3.05) is 18.1 Å². The van der Waals surface area contributed by atoms with Gasteiger partial charge in [0.25, 0.3) is 0 Å². The Morgan fingerprint density at radius 2 is 1.44 bits per heavy atom. The molecule has 0 saturated heterocycles. The highest BCUT2D eigenvalue weighted by atomic mass is 32.2. The van der Waals surface area contributed by atoms with Crippen molar-refractivity contribution in [3.05, 3.63) is 29.8 Å². The minimum absolute atomic E-state index is 0.0187. The number of hydrogen-bond acceptors (Lipinski definition) is 7. The SMILES string of the molecule is CCCCCCCCSCCCCCCCC(Oc1ccc(C(C)(C)C)cc1)C(C)OP(=O)(O)C(=O)OOCCC. The molecule has 7 nitrogen and oxygen atoms in total. The van der Waals surface area contributed by atoms with E-state index in [1.807, 2.05) is 31.2 Å². The Balaban J connectivity index is 2.54. The van der Waals surface area contributed by atoms with E-state index in [0.29, 0.717) is 18.6 Å². The lowest BCUT2D eigenvalue weighted by atomic mass is 9.87. The minimum atomic E-state index is -4.71. The quantitative estimate of drug-likeness (QED) is 0.0531. The van der Waals surface area contributed by atoms with E-state index in [0.717, 1.165) is 19.3 Å². The molecular weight excluding hydrogens is 559 g/mol. The van der Waals surface area contributed by atoms with E-state index in [1.165, 1.54) is 68.4 Å². The lowest BCUT2D eigenvalue weighted by Gasteiger charge is -2.27. The number of hydrogen-bond donors (Lipinski definition) is 1. The Hall–Kier alpha value is -1.05. The number of rotatable bonds is 24. The van der Waals surface area contributed by atoms with E-state index in [2.05, 4.69) is 49.2 Å². The molecule has 0 bridgehead atoms. The molecule has 0 aliphatic rings. The summed E-state index contributed by atoms with van der Waals surface area (Å²) in [7, 11) is -4.71. The molecule has 0 aromatic heterocycles. The van der Waals surface area contributed by atoms with Crippen LogP contribution in [0.2, 0.25) is 0 Å². The van der Waals surface area contributed by atoms with Gasteiger partial charge >= 0.3 is 13.3 Å². The summed E-state index contributed by atoms with van der Waals surface area (Å²) in [5.41, 5.74) is -0.212. The van der Waals surface area contributed by atoms with Crippen LogP contribution in [0, 0.1) is 0 Å². The summed E-state index contributed by atoms with van der Waals surface area (Å²) in [6.45, 7) is 12.3. The van der Waals surface area contributed by atoms with Gasteiger partial charge in [-0.25, -0.2) is 9.36 Å². The van der Waals surface area contributed by atoms with Crippen LogP contribution in [0.25, 0.3) is 0 Å². The van der Waals surface area contributed by atoms with Crippen molar-refractivity contribution in [2.24, 2.45) is 0 Å². The third kappa shape index (κ3) is 17.6. The molecule has 0 spiro atoms. The maximum Gasteiger partial charge on any atom is 0.452 e. The molecule has 1 N–H and O–H groups in total. The fraction of sp³-hybridized carbons (Fsp3) is 0.781. The zero-order valence-electron chi connectivity index (χ0n) is 26.5. The Morgan fingerprint density at radius 1 is 0.878 bits per heavy atom. The molecular formula is C32H57O7PS. The van der Waals surface area contributed by atoms with E-state index in [4.69, 9.17) is 9.26 Å². The third-order valence-corrected chi connectivity index (χ3v) is 9.22. The molecule has 1 rings (SSSR count). The minimum Gasteiger partial charge on any atom is -0.488 e. The molecule has 3 unspecified atom stereocenters. The van der Waals surface area contributed by atoms with Gasteiger partial charge in [-0.15, -0.1) is 0 Å². The Bertz CT molecular complexity index is 857. The van der Waals surface area contributed by atoms with Crippen LogP contribution in [0.4, 0.5) is 4.79 Å². The van der Waals surface area contributed by atoms with Crippen molar-refractivity contribution < 1.29 is 33.3 Å². The van der Waals surface area contributed by atoms with Crippen LogP contribution in [0.1, 0.15) is 131 Å². The van der Waals surface area contributed by atoms with Gasteiger partial charge in [-0.05, 0) is 73.6 Å². The first kappa shape index (κ1) is 38.0. The van der Waals surface area contributed by atoms with Crippen LogP contribution in [-0.4, -0.2) is 40.9 Å². The summed E-state index contributed by atoms with van der Waals surface area (Å²) in [6.07, 6.45) is 13.5. The Labute approximate surface area is 254 Å². The zero-order chi connectivity index (χ0) is 30.6. The van der Waals surface area contributed by atoms with Gasteiger partial charge in [0.05, 0.1) is 6.61 Å². The Morgan fingerprint density at radius 3 is 2.00 bits per heavy atom. The van der Waals surface area contributed by atoms with Gasteiger partial charge in [-0.1, -0.05) is 98.1 Å². The van der Waals surface area contributed by atoms with E-state index in [-0.39, 0.29) is 12.0 Å². The summed E-state index contributed by atoms with van der Waals surface area (Å²) in [4.78, 5) is 31.4. The van der Waals surface area contributed by atoms with Crippen molar-refractivity contribution in [3.63, 3.8) is 0 Å². The first-order chi connectivity index (χ1) is 19.5. The average molecular weight is 617 g/mol. The maximum absolute atomic E-state index is 12.6. The number of thioether (sulfide) groups is 1. The van der Waals surface area contributed by atoms with Gasteiger partial charge in [0, 0.05) is 0 Å². The van der Waals surface area contributed by atoms with Crippen LogP contribution in [0.5, 0.6) is 5.75 Å². The third-order valence-electron chi connectivity index (χ3n) is 6.91. The van der Waals surface area contributed by atoms with Crippen LogP contribution in [0.15, 0.2) is 24.3 Å². The topological polar surface area (TPSA) is 91.3 Å². The van der Waals surface area contributed by atoms with Crippen LogP contribution in [0.3, 0.4) is 0 Å². The first-order valence-electron chi connectivity index (χ1n) is 15.7. The van der Waals surface area contributed by atoms with E-state index in [1.54, 1.807) is 6.92 Å². The fourth-order valence-electron chi connectivity index (χ4n) is 4.32. The van der Waals surface area contributed by atoms with Crippen molar-refractivity contribution >= 4 is 25.1 Å². The zero-order valence-corrected chi connectivity index (χ0v) is 28.2. The van der Waals surface area contributed by atoms with Gasteiger partial charge < -0.3 is 9.63 Å². The van der Waals surface area contributed by atoms with E-state index in [9.17, 15) is 14.3 Å². The molecule has 0 aliphatic heterocycles. The molecule has 9 heteroatoms. The normalized spacial score (nSPS) is 14.8. The summed E-state index contributed by atoms with van der Waals surface area (Å²) < 4.78 is 24.1. The molecule has 238 valence electrons.